The minimum Gasteiger partial charge on any atom is -0.356 e. The number of carbonyl (C=O) groups excluding carboxylic acids is 1. The Bertz CT molecular complexity index is 544. The summed E-state index contributed by atoms with van der Waals surface area (Å²) in [5.41, 5.74) is 0.648. The van der Waals surface area contributed by atoms with Gasteiger partial charge in [-0.1, -0.05) is 12.8 Å². The van der Waals surface area contributed by atoms with Gasteiger partial charge < -0.3 is 5.32 Å². The molecule has 0 aromatic carbocycles. The Kier molecular flexibility index (Phi) is 3.62. The largest absolute Gasteiger partial charge is 0.356 e. The van der Waals surface area contributed by atoms with E-state index < -0.39 is 0 Å². The van der Waals surface area contributed by atoms with E-state index in [-0.39, 0.29) is 5.41 Å². The van der Waals surface area contributed by atoms with Gasteiger partial charge in [0, 0.05) is 12.0 Å². The van der Waals surface area contributed by atoms with Crippen LogP contribution < -0.4 is 5.32 Å². The molecule has 0 heterocycles. The highest BCUT2D eigenvalue weighted by atomic mass is 16.2. The van der Waals surface area contributed by atoms with Gasteiger partial charge in [-0.05, 0) is 118 Å². The van der Waals surface area contributed by atoms with Gasteiger partial charge in [0.25, 0.3) is 0 Å². The van der Waals surface area contributed by atoms with E-state index in [4.69, 9.17) is 0 Å². The van der Waals surface area contributed by atoms with Crippen molar-refractivity contribution in [1.29, 1.82) is 0 Å². The molecule has 8 aliphatic carbocycles. The second-order valence-corrected chi connectivity index (χ2v) is 12.0. The SMILES string of the molecule is O=C(NCCC12CC3CC(CC(C3)C1)C2)C12CC3CCC(CC(C3)C1)C2. The van der Waals surface area contributed by atoms with E-state index in [9.17, 15) is 4.79 Å². The average Bonchev–Trinajstić information content (AvgIpc) is 2.79. The highest BCUT2D eigenvalue weighted by Crippen LogP contribution is 2.61. The average molecular weight is 356 g/mol. The van der Waals surface area contributed by atoms with Crippen LogP contribution in [0.4, 0.5) is 0 Å². The number of rotatable bonds is 4. The monoisotopic (exact) mass is 355 g/mol. The molecule has 2 nitrogen and oxygen atoms in total. The molecule has 1 amide bonds. The molecule has 8 aliphatic rings. The molecule has 8 rings (SSSR count). The molecule has 8 saturated carbocycles. The van der Waals surface area contributed by atoms with Gasteiger partial charge in [-0.15, -0.1) is 0 Å². The van der Waals surface area contributed by atoms with Crippen LogP contribution in [0.5, 0.6) is 0 Å². The molecule has 144 valence electrons. The number of hydrogen-bond donors (Lipinski definition) is 1. The number of amides is 1. The summed E-state index contributed by atoms with van der Waals surface area (Å²) < 4.78 is 0. The Labute approximate surface area is 159 Å². The third kappa shape index (κ3) is 2.60. The zero-order valence-electron chi connectivity index (χ0n) is 16.5. The van der Waals surface area contributed by atoms with E-state index in [2.05, 4.69) is 5.32 Å². The van der Waals surface area contributed by atoms with Crippen LogP contribution in [-0.4, -0.2) is 12.5 Å². The third-order valence-corrected chi connectivity index (χ3v) is 9.94. The molecule has 0 aromatic rings. The summed E-state index contributed by atoms with van der Waals surface area (Å²) in [5.74, 6) is 6.13. The maximum Gasteiger partial charge on any atom is 0.226 e. The minimum atomic E-state index is 0.0362. The highest BCUT2D eigenvalue weighted by Gasteiger charge is 2.53. The number of carbonyl (C=O) groups is 1. The number of nitrogens with one attached hydrogen (secondary N) is 1. The smallest absolute Gasteiger partial charge is 0.226 e. The lowest BCUT2D eigenvalue weighted by molar-refractivity contribution is -0.139. The molecule has 0 radical (unpaired) electrons. The summed E-state index contributed by atoms with van der Waals surface area (Å²) in [4.78, 5) is 13.3. The van der Waals surface area contributed by atoms with Crippen LogP contribution in [-0.2, 0) is 4.79 Å². The van der Waals surface area contributed by atoms with E-state index in [1.165, 1.54) is 89.9 Å². The molecule has 1 N–H and O–H groups in total. The summed E-state index contributed by atoms with van der Waals surface area (Å²) in [6, 6.07) is 0. The van der Waals surface area contributed by atoms with Crippen LogP contribution in [0.15, 0.2) is 0 Å². The van der Waals surface area contributed by atoms with Gasteiger partial charge in [0.15, 0.2) is 0 Å². The molecular weight excluding hydrogens is 318 g/mol. The Hall–Kier alpha value is -0.530. The van der Waals surface area contributed by atoms with Crippen molar-refractivity contribution in [1.82, 2.24) is 5.32 Å². The predicted molar refractivity (Wildman–Crippen MR) is 103 cm³/mol. The topological polar surface area (TPSA) is 29.1 Å². The first-order chi connectivity index (χ1) is 12.6. The number of hydrogen-bond acceptors (Lipinski definition) is 1. The Morgan fingerprint density at radius 2 is 1.15 bits per heavy atom. The lowest BCUT2D eigenvalue weighted by Crippen LogP contribution is -2.50. The van der Waals surface area contributed by atoms with Crippen LogP contribution in [0.3, 0.4) is 0 Å². The summed E-state index contributed by atoms with van der Waals surface area (Å²) >= 11 is 0. The van der Waals surface area contributed by atoms with Crippen LogP contribution in [0.2, 0.25) is 0 Å². The molecular formula is C24H37NO. The van der Waals surface area contributed by atoms with Crippen molar-refractivity contribution in [2.45, 2.75) is 89.9 Å². The molecule has 2 unspecified atom stereocenters. The van der Waals surface area contributed by atoms with Crippen molar-refractivity contribution >= 4 is 5.91 Å². The van der Waals surface area contributed by atoms with E-state index in [1.54, 1.807) is 0 Å². The summed E-state index contributed by atoms with van der Waals surface area (Å²) in [7, 11) is 0. The lowest BCUT2D eigenvalue weighted by Gasteiger charge is -2.57. The van der Waals surface area contributed by atoms with Gasteiger partial charge in [-0.2, -0.15) is 0 Å². The molecule has 0 aromatic heterocycles. The normalized spacial score (nSPS) is 53.7. The molecule has 0 saturated heterocycles. The van der Waals surface area contributed by atoms with Gasteiger partial charge in [0.05, 0.1) is 0 Å². The van der Waals surface area contributed by atoms with Crippen molar-refractivity contribution < 1.29 is 4.79 Å². The van der Waals surface area contributed by atoms with E-state index in [0.717, 1.165) is 42.1 Å². The maximum absolute atomic E-state index is 13.3. The minimum absolute atomic E-state index is 0.0362. The first kappa shape index (κ1) is 16.4. The van der Waals surface area contributed by atoms with Gasteiger partial charge in [0.1, 0.15) is 0 Å². The highest BCUT2D eigenvalue weighted by molar-refractivity contribution is 5.83. The molecule has 8 bridgehead atoms. The van der Waals surface area contributed by atoms with Crippen molar-refractivity contribution in [3.63, 3.8) is 0 Å². The summed E-state index contributed by atoms with van der Waals surface area (Å²) in [5, 5.41) is 3.50. The van der Waals surface area contributed by atoms with E-state index in [1.807, 2.05) is 0 Å². The van der Waals surface area contributed by atoms with Gasteiger partial charge in [-0.3, -0.25) is 4.79 Å². The second kappa shape index (κ2) is 5.74. The number of fused-ring (bicyclic) bond motifs is 1. The van der Waals surface area contributed by atoms with Gasteiger partial charge in [-0.25, -0.2) is 0 Å². The molecule has 0 aliphatic heterocycles. The standard InChI is InChI=1S/C24H37NO/c26-22(24-13-16-1-2-17(14-24)6-21(5-16)15-24)25-4-3-23-10-18-7-19(11-23)9-20(8-18)12-23/h16-21H,1-15H2,(H,25,26). The van der Waals surface area contributed by atoms with Crippen molar-refractivity contribution in [3.8, 4) is 0 Å². The predicted octanol–water partition coefficient (Wildman–Crippen LogP) is 5.32. The fourth-order valence-electron chi connectivity index (χ4n) is 9.69. The molecule has 26 heavy (non-hydrogen) atoms. The fourth-order valence-corrected chi connectivity index (χ4v) is 9.69. The summed E-state index contributed by atoms with van der Waals surface area (Å²) in [6.45, 7) is 0.965. The first-order valence-electron chi connectivity index (χ1n) is 11.9. The van der Waals surface area contributed by atoms with E-state index >= 15 is 0 Å². The molecule has 0 spiro atoms. The zero-order chi connectivity index (χ0) is 17.4. The lowest BCUT2D eigenvalue weighted by atomic mass is 9.49. The first-order valence-corrected chi connectivity index (χ1v) is 11.9. The Morgan fingerprint density at radius 1 is 0.692 bits per heavy atom. The zero-order valence-corrected chi connectivity index (χ0v) is 16.5. The second-order valence-electron chi connectivity index (χ2n) is 12.0. The maximum atomic E-state index is 13.3. The van der Waals surface area contributed by atoms with Gasteiger partial charge >= 0.3 is 0 Å². The van der Waals surface area contributed by atoms with Gasteiger partial charge in [0.2, 0.25) is 5.91 Å². The summed E-state index contributed by atoms with van der Waals surface area (Å²) in [6.07, 6.45) is 19.6. The van der Waals surface area contributed by atoms with Crippen LogP contribution in [0.1, 0.15) is 89.9 Å². The Balaban J connectivity index is 1.11. The quantitative estimate of drug-likeness (QED) is 0.727. The van der Waals surface area contributed by atoms with Crippen LogP contribution >= 0.6 is 0 Å². The van der Waals surface area contributed by atoms with Crippen LogP contribution in [0, 0.1) is 46.3 Å². The molecule has 8 fully saturated rings. The van der Waals surface area contributed by atoms with Crippen molar-refractivity contribution in [2.75, 3.05) is 6.54 Å². The molecule has 2 heteroatoms. The third-order valence-electron chi connectivity index (χ3n) is 9.94. The van der Waals surface area contributed by atoms with Crippen molar-refractivity contribution in [2.24, 2.45) is 46.3 Å². The van der Waals surface area contributed by atoms with Crippen LogP contribution in [0.25, 0.3) is 0 Å². The Morgan fingerprint density at radius 3 is 1.73 bits per heavy atom. The fraction of sp³-hybridized carbons (Fsp3) is 0.958. The van der Waals surface area contributed by atoms with Crippen molar-refractivity contribution in [3.05, 3.63) is 0 Å². The van der Waals surface area contributed by atoms with E-state index in [0.29, 0.717) is 11.3 Å². The molecule has 2 atom stereocenters.